The number of aryl methyl sites for hydroxylation is 1. The average molecular weight is 384 g/mol. The summed E-state index contributed by atoms with van der Waals surface area (Å²) in [4.78, 5) is 23.3. The molecule has 2 aliphatic rings. The molecule has 0 unspecified atom stereocenters. The molecule has 4 rings (SSSR count). The topological polar surface area (TPSA) is 85.8 Å². The number of nitrogens with one attached hydrogen (secondary N) is 1. The van der Waals surface area contributed by atoms with E-state index in [4.69, 9.17) is 14.2 Å². The summed E-state index contributed by atoms with van der Waals surface area (Å²) in [6.07, 6.45) is 3.54. The lowest BCUT2D eigenvalue weighted by molar-refractivity contribution is -0.123. The van der Waals surface area contributed by atoms with Crippen LogP contribution in [0, 0.1) is 6.92 Å². The largest absolute Gasteiger partial charge is 0.467 e. The Morgan fingerprint density at radius 3 is 2.82 bits per heavy atom. The highest BCUT2D eigenvalue weighted by Gasteiger charge is 2.16. The number of hydrogen-bond acceptors (Lipinski definition) is 7. The van der Waals surface area contributed by atoms with Crippen molar-refractivity contribution in [2.45, 2.75) is 32.7 Å². The third-order valence-corrected chi connectivity index (χ3v) is 4.74. The predicted octanol–water partition coefficient (Wildman–Crippen LogP) is 2.20. The fourth-order valence-corrected chi connectivity index (χ4v) is 3.28. The normalized spacial score (nSPS) is 15.4. The molecular weight excluding hydrogens is 360 g/mol. The number of hydrogen-bond donors (Lipinski definition) is 1. The van der Waals surface area contributed by atoms with Crippen LogP contribution in [0.4, 0.5) is 5.95 Å². The minimum Gasteiger partial charge on any atom is -0.467 e. The monoisotopic (exact) mass is 384 g/mol. The molecule has 8 heteroatoms. The predicted molar refractivity (Wildman–Crippen MR) is 103 cm³/mol. The second-order valence-corrected chi connectivity index (χ2v) is 6.95. The van der Waals surface area contributed by atoms with Gasteiger partial charge in [0.25, 0.3) is 5.91 Å². The van der Waals surface area contributed by atoms with E-state index in [0.717, 1.165) is 42.9 Å². The molecule has 148 valence electrons. The molecule has 1 saturated heterocycles. The van der Waals surface area contributed by atoms with Gasteiger partial charge in [0.1, 0.15) is 0 Å². The van der Waals surface area contributed by atoms with Crippen LogP contribution in [0.5, 0.6) is 17.4 Å². The molecule has 0 spiro atoms. The Hall–Kier alpha value is -3.03. The van der Waals surface area contributed by atoms with Crippen molar-refractivity contribution in [1.29, 1.82) is 0 Å². The number of anilines is 1. The molecule has 1 fully saturated rings. The molecule has 28 heavy (non-hydrogen) atoms. The van der Waals surface area contributed by atoms with Crippen molar-refractivity contribution in [3.05, 3.63) is 35.5 Å². The molecule has 1 aromatic heterocycles. The van der Waals surface area contributed by atoms with E-state index in [1.54, 1.807) is 6.07 Å². The van der Waals surface area contributed by atoms with E-state index in [1.165, 1.54) is 6.42 Å². The van der Waals surface area contributed by atoms with Crippen molar-refractivity contribution >= 4 is 11.9 Å². The smallest absolute Gasteiger partial charge is 0.258 e. The second-order valence-electron chi connectivity index (χ2n) is 6.95. The van der Waals surface area contributed by atoms with Crippen molar-refractivity contribution in [1.82, 2.24) is 15.3 Å². The molecule has 1 amide bonds. The summed E-state index contributed by atoms with van der Waals surface area (Å²) in [5, 5.41) is 2.84. The van der Waals surface area contributed by atoms with Crippen LogP contribution in [0.3, 0.4) is 0 Å². The molecule has 1 aromatic carbocycles. The van der Waals surface area contributed by atoms with Gasteiger partial charge in [-0.25, -0.2) is 4.98 Å². The van der Waals surface area contributed by atoms with E-state index in [2.05, 4.69) is 20.2 Å². The zero-order valence-corrected chi connectivity index (χ0v) is 15.9. The van der Waals surface area contributed by atoms with Crippen LogP contribution < -0.4 is 24.4 Å². The van der Waals surface area contributed by atoms with Gasteiger partial charge in [-0.05, 0) is 43.9 Å². The minimum absolute atomic E-state index is 0.0968. The van der Waals surface area contributed by atoms with Gasteiger partial charge < -0.3 is 24.4 Å². The Kier molecular flexibility index (Phi) is 5.45. The molecule has 2 aliphatic heterocycles. The number of carbonyl (C=O) groups is 1. The van der Waals surface area contributed by atoms with E-state index < -0.39 is 0 Å². The van der Waals surface area contributed by atoms with Gasteiger partial charge in [0.15, 0.2) is 18.1 Å². The molecule has 8 nitrogen and oxygen atoms in total. The van der Waals surface area contributed by atoms with Crippen molar-refractivity contribution in [2.75, 3.05) is 31.4 Å². The zero-order valence-electron chi connectivity index (χ0n) is 15.9. The Bertz CT molecular complexity index is 852. The van der Waals surface area contributed by atoms with Gasteiger partial charge in [-0.3, -0.25) is 4.79 Å². The summed E-state index contributed by atoms with van der Waals surface area (Å²) in [6, 6.07) is 7.35. The lowest BCUT2D eigenvalue weighted by Crippen LogP contribution is -2.31. The summed E-state index contributed by atoms with van der Waals surface area (Å²) in [6.45, 7) is 4.34. The Morgan fingerprint density at radius 1 is 1.14 bits per heavy atom. The summed E-state index contributed by atoms with van der Waals surface area (Å²) in [5.74, 6) is 2.31. The highest BCUT2D eigenvalue weighted by atomic mass is 16.7. The quantitative estimate of drug-likeness (QED) is 0.817. The maximum atomic E-state index is 12.1. The highest BCUT2D eigenvalue weighted by molar-refractivity contribution is 5.77. The summed E-state index contributed by atoms with van der Waals surface area (Å²) in [7, 11) is 0. The Labute approximate surface area is 163 Å². The van der Waals surface area contributed by atoms with E-state index in [0.29, 0.717) is 24.1 Å². The number of rotatable bonds is 6. The number of benzene rings is 1. The van der Waals surface area contributed by atoms with Gasteiger partial charge in [0, 0.05) is 31.4 Å². The third kappa shape index (κ3) is 4.44. The number of piperidine rings is 1. The van der Waals surface area contributed by atoms with Crippen LogP contribution in [-0.2, 0) is 11.3 Å². The van der Waals surface area contributed by atoms with Crippen molar-refractivity contribution in [2.24, 2.45) is 0 Å². The standard InChI is InChI=1S/C20H24N4O4/c1-14-9-19(23-20(22-14)24-7-3-2-4-8-24)26-12-18(25)21-11-15-5-6-16-17(10-15)28-13-27-16/h5-6,9-10H,2-4,7-8,11-13H2,1H3,(H,21,25). The van der Waals surface area contributed by atoms with Crippen molar-refractivity contribution in [3.8, 4) is 17.4 Å². The fourth-order valence-electron chi connectivity index (χ4n) is 3.28. The first-order valence-corrected chi connectivity index (χ1v) is 9.56. The summed E-state index contributed by atoms with van der Waals surface area (Å²) < 4.78 is 16.2. The van der Waals surface area contributed by atoms with Crippen LogP contribution in [0.1, 0.15) is 30.5 Å². The first kappa shape index (κ1) is 18.3. The number of nitrogens with zero attached hydrogens (tertiary/aromatic N) is 3. The SMILES string of the molecule is Cc1cc(OCC(=O)NCc2ccc3c(c2)OCO3)nc(N2CCCCC2)n1. The minimum atomic E-state index is -0.214. The van der Waals surface area contributed by atoms with Gasteiger partial charge in [0.2, 0.25) is 18.6 Å². The van der Waals surface area contributed by atoms with E-state index >= 15 is 0 Å². The first-order valence-electron chi connectivity index (χ1n) is 9.56. The first-order chi connectivity index (χ1) is 13.7. The number of ether oxygens (including phenoxy) is 3. The summed E-state index contributed by atoms with van der Waals surface area (Å²) in [5.41, 5.74) is 1.76. The lowest BCUT2D eigenvalue weighted by Gasteiger charge is -2.26. The molecular formula is C20H24N4O4. The van der Waals surface area contributed by atoms with Gasteiger partial charge in [-0.2, -0.15) is 4.98 Å². The highest BCUT2D eigenvalue weighted by Crippen LogP contribution is 2.32. The molecule has 0 aliphatic carbocycles. The van der Waals surface area contributed by atoms with Gasteiger partial charge in [0.05, 0.1) is 0 Å². The van der Waals surface area contributed by atoms with E-state index in [9.17, 15) is 4.79 Å². The van der Waals surface area contributed by atoms with Gasteiger partial charge in [-0.15, -0.1) is 0 Å². The Balaban J connectivity index is 1.30. The van der Waals surface area contributed by atoms with Crippen LogP contribution >= 0.6 is 0 Å². The molecule has 0 bridgehead atoms. The van der Waals surface area contributed by atoms with Crippen LogP contribution in [0.15, 0.2) is 24.3 Å². The summed E-state index contributed by atoms with van der Waals surface area (Å²) >= 11 is 0. The van der Waals surface area contributed by atoms with E-state index in [1.807, 2.05) is 25.1 Å². The fraction of sp³-hybridized carbons (Fsp3) is 0.450. The maximum absolute atomic E-state index is 12.1. The third-order valence-electron chi connectivity index (χ3n) is 4.74. The Morgan fingerprint density at radius 2 is 1.96 bits per heavy atom. The van der Waals surface area contributed by atoms with Crippen LogP contribution in [-0.4, -0.2) is 42.4 Å². The van der Waals surface area contributed by atoms with Gasteiger partial charge >= 0.3 is 0 Å². The molecule has 1 N–H and O–H groups in total. The number of aromatic nitrogens is 2. The molecule has 0 radical (unpaired) electrons. The van der Waals surface area contributed by atoms with Crippen molar-refractivity contribution in [3.63, 3.8) is 0 Å². The molecule has 0 saturated carbocycles. The van der Waals surface area contributed by atoms with E-state index in [-0.39, 0.29) is 19.3 Å². The molecule has 2 aromatic rings. The second kappa shape index (κ2) is 8.33. The number of carbonyl (C=O) groups excluding carboxylic acids is 1. The van der Waals surface area contributed by atoms with Crippen LogP contribution in [0.25, 0.3) is 0 Å². The average Bonchev–Trinajstić information content (AvgIpc) is 3.19. The van der Waals surface area contributed by atoms with Gasteiger partial charge in [-0.1, -0.05) is 6.07 Å². The van der Waals surface area contributed by atoms with Crippen LogP contribution in [0.2, 0.25) is 0 Å². The number of fused-ring (bicyclic) bond motifs is 1. The maximum Gasteiger partial charge on any atom is 0.258 e. The molecule has 0 atom stereocenters. The molecule has 3 heterocycles. The number of amides is 1. The zero-order chi connectivity index (χ0) is 19.3. The van der Waals surface area contributed by atoms with Crippen molar-refractivity contribution < 1.29 is 19.0 Å². The lowest BCUT2D eigenvalue weighted by atomic mass is 10.1.